The molecule has 2 aromatic carbocycles. The predicted molar refractivity (Wildman–Crippen MR) is 102 cm³/mol. The average Bonchev–Trinajstić information content (AvgIpc) is 2.75. The number of aryl methyl sites for hydroxylation is 1. The van der Waals surface area contributed by atoms with Gasteiger partial charge in [-0.05, 0) is 36.3 Å². The number of ketones is 1. The summed E-state index contributed by atoms with van der Waals surface area (Å²) in [6, 6.07) is 6.51. The lowest BCUT2D eigenvalue weighted by Crippen LogP contribution is -2.48. The van der Waals surface area contributed by atoms with Gasteiger partial charge in [-0.25, -0.2) is 38.8 Å². The fourth-order valence-corrected chi connectivity index (χ4v) is 6.56. The molecule has 1 unspecified atom stereocenters. The van der Waals surface area contributed by atoms with Crippen molar-refractivity contribution in [3.63, 3.8) is 0 Å². The lowest BCUT2D eigenvalue weighted by atomic mass is 9.80. The molecule has 0 amide bonds. The quantitative estimate of drug-likeness (QED) is 0.333. The minimum Gasteiger partial charge on any atom is -0.292 e. The number of alkyl halides is 2. The van der Waals surface area contributed by atoms with Crippen LogP contribution in [-0.2, 0) is 31.3 Å². The summed E-state index contributed by atoms with van der Waals surface area (Å²) in [4.78, 5) is 9.52. The van der Waals surface area contributed by atoms with E-state index in [1.165, 1.54) is 0 Å². The maximum atomic E-state index is 14.5. The van der Waals surface area contributed by atoms with Crippen molar-refractivity contribution in [1.82, 2.24) is 4.13 Å². The molecule has 1 N–H and O–H groups in total. The third-order valence-electron chi connectivity index (χ3n) is 5.25. The van der Waals surface area contributed by atoms with E-state index in [9.17, 15) is 52.4 Å². The van der Waals surface area contributed by atoms with E-state index in [1.807, 2.05) is 0 Å². The van der Waals surface area contributed by atoms with Crippen LogP contribution < -0.4 is 4.13 Å². The van der Waals surface area contributed by atoms with Crippen LogP contribution in [0.4, 0.5) is 30.7 Å². The Hall–Kier alpha value is -2.52. The maximum Gasteiger partial charge on any atom is 0.416 e. The van der Waals surface area contributed by atoms with E-state index in [2.05, 4.69) is 0 Å². The first-order valence-corrected chi connectivity index (χ1v) is 12.4. The number of hydrogen-bond acceptors (Lipinski definition) is 5. The molecule has 0 saturated heterocycles. The highest BCUT2D eigenvalue weighted by Crippen LogP contribution is 2.37. The molecule has 0 radical (unpaired) electrons. The Morgan fingerprint density at radius 1 is 0.912 bits per heavy atom. The van der Waals surface area contributed by atoms with Crippen molar-refractivity contribution in [2.45, 2.75) is 41.8 Å². The number of Topliss-reactive ketones (excluding diaryl/α,β-unsaturated/α-hetero) is 1. The van der Waals surface area contributed by atoms with Gasteiger partial charge in [0.25, 0.3) is 20.0 Å². The molecule has 1 aliphatic carbocycles. The SMILES string of the molecule is O=C(CC1CCCc2ccccc21)C(F)(F)S(=O)(=O)NS(=O)(=O)c1c(F)c(F)c(F)c(F)c1F. The summed E-state index contributed by atoms with van der Waals surface area (Å²) < 4.78 is 145. The zero-order chi connectivity index (χ0) is 25.6. The number of fused-ring (bicyclic) bond motifs is 1. The highest BCUT2D eigenvalue weighted by molar-refractivity contribution is 8.05. The molecule has 0 saturated carbocycles. The predicted octanol–water partition coefficient (Wildman–Crippen LogP) is 3.66. The van der Waals surface area contributed by atoms with Crippen LogP contribution in [0.25, 0.3) is 0 Å². The molecular formula is C19H14F7NO5S2. The van der Waals surface area contributed by atoms with Crippen molar-refractivity contribution in [3.05, 3.63) is 64.5 Å². The lowest BCUT2D eigenvalue weighted by Gasteiger charge is -2.26. The van der Waals surface area contributed by atoms with Gasteiger partial charge in [-0.1, -0.05) is 28.4 Å². The molecule has 0 bridgehead atoms. The first-order chi connectivity index (χ1) is 15.6. The van der Waals surface area contributed by atoms with Crippen LogP contribution in [0.15, 0.2) is 29.2 Å². The number of rotatable bonds is 7. The minimum atomic E-state index is -6.56. The summed E-state index contributed by atoms with van der Waals surface area (Å²) in [5.74, 6) is -17.3. The number of sulfonamides is 2. The van der Waals surface area contributed by atoms with Gasteiger partial charge in [0.1, 0.15) is 0 Å². The van der Waals surface area contributed by atoms with Gasteiger partial charge in [0.15, 0.2) is 28.2 Å². The van der Waals surface area contributed by atoms with E-state index in [0.717, 1.165) is 5.56 Å². The molecule has 0 fully saturated rings. The van der Waals surface area contributed by atoms with E-state index in [4.69, 9.17) is 0 Å². The number of nitrogens with one attached hydrogen (secondary N) is 1. The lowest BCUT2D eigenvalue weighted by molar-refractivity contribution is -0.133. The zero-order valence-electron chi connectivity index (χ0n) is 16.7. The third kappa shape index (κ3) is 4.43. The summed E-state index contributed by atoms with van der Waals surface area (Å²) in [7, 11) is -12.9. The van der Waals surface area contributed by atoms with Gasteiger partial charge >= 0.3 is 5.25 Å². The Labute approximate surface area is 188 Å². The second-order valence-electron chi connectivity index (χ2n) is 7.42. The Balaban J connectivity index is 1.92. The van der Waals surface area contributed by atoms with Crippen molar-refractivity contribution >= 4 is 25.8 Å². The summed E-state index contributed by atoms with van der Waals surface area (Å²) in [5.41, 5.74) is 1.28. The molecule has 186 valence electrons. The van der Waals surface area contributed by atoms with E-state index >= 15 is 0 Å². The first-order valence-electron chi connectivity index (χ1n) is 9.40. The van der Waals surface area contributed by atoms with Gasteiger partial charge in [0.2, 0.25) is 11.6 Å². The Morgan fingerprint density at radius 2 is 1.44 bits per heavy atom. The van der Waals surface area contributed by atoms with Crippen molar-refractivity contribution in [1.29, 1.82) is 0 Å². The van der Waals surface area contributed by atoms with Gasteiger partial charge < -0.3 is 0 Å². The summed E-state index contributed by atoms with van der Waals surface area (Å²) in [6.45, 7) is 0. The zero-order valence-corrected chi connectivity index (χ0v) is 18.4. The van der Waals surface area contributed by atoms with E-state index < -0.39 is 77.4 Å². The van der Waals surface area contributed by atoms with Gasteiger partial charge in [0, 0.05) is 6.42 Å². The van der Waals surface area contributed by atoms with Crippen LogP contribution in [0.2, 0.25) is 0 Å². The van der Waals surface area contributed by atoms with Gasteiger partial charge in [-0.2, -0.15) is 8.78 Å². The molecule has 0 spiro atoms. The monoisotopic (exact) mass is 533 g/mol. The fourth-order valence-electron chi connectivity index (χ4n) is 3.62. The molecule has 3 rings (SSSR count). The Kier molecular flexibility index (Phi) is 6.85. The van der Waals surface area contributed by atoms with Gasteiger partial charge in [0.05, 0.1) is 0 Å². The second-order valence-corrected chi connectivity index (χ2v) is 11.0. The van der Waals surface area contributed by atoms with E-state index in [1.54, 1.807) is 24.3 Å². The van der Waals surface area contributed by atoms with Crippen LogP contribution in [-0.4, -0.2) is 27.9 Å². The first kappa shape index (κ1) is 26.1. The number of carbonyl (C=O) groups is 1. The second kappa shape index (κ2) is 8.92. The summed E-state index contributed by atoms with van der Waals surface area (Å²) in [6.07, 6.45) is 0.320. The summed E-state index contributed by atoms with van der Waals surface area (Å²) >= 11 is 0. The molecule has 0 aliphatic heterocycles. The maximum absolute atomic E-state index is 14.5. The standard InChI is InChI=1S/C19H14F7NO5S2/c20-13-14(21)16(23)18(17(24)15(13)22)33(29,30)27-34(31,32)19(25,26)12(28)8-10-6-3-5-9-4-1-2-7-11(9)10/h1-2,4,7,10,27H,3,5-6,8H2. The molecule has 0 heterocycles. The highest BCUT2D eigenvalue weighted by atomic mass is 32.3. The van der Waals surface area contributed by atoms with Crippen molar-refractivity contribution in [2.75, 3.05) is 0 Å². The third-order valence-corrected chi connectivity index (χ3v) is 8.80. The van der Waals surface area contributed by atoms with Crippen molar-refractivity contribution in [2.24, 2.45) is 0 Å². The molecule has 0 aromatic heterocycles. The Bertz CT molecular complexity index is 1350. The van der Waals surface area contributed by atoms with Gasteiger partial charge in [-0.3, -0.25) is 4.79 Å². The molecule has 2 aromatic rings. The van der Waals surface area contributed by atoms with E-state index in [0.29, 0.717) is 18.4 Å². The molecule has 15 heteroatoms. The highest BCUT2D eigenvalue weighted by Gasteiger charge is 2.55. The normalized spacial score (nSPS) is 16.9. The van der Waals surface area contributed by atoms with Crippen molar-refractivity contribution in [3.8, 4) is 0 Å². The van der Waals surface area contributed by atoms with Crippen LogP contribution >= 0.6 is 0 Å². The van der Waals surface area contributed by atoms with Gasteiger partial charge in [-0.15, -0.1) is 0 Å². The topological polar surface area (TPSA) is 97.4 Å². The molecule has 1 atom stereocenters. The van der Waals surface area contributed by atoms with Crippen LogP contribution in [0, 0.1) is 29.1 Å². The minimum absolute atomic E-state index is 0.220. The largest absolute Gasteiger partial charge is 0.416 e. The van der Waals surface area contributed by atoms with Crippen LogP contribution in [0.3, 0.4) is 0 Å². The van der Waals surface area contributed by atoms with E-state index in [-0.39, 0.29) is 10.5 Å². The van der Waals surface area contributed by atoms with Crippen LogP contribution in [0.1, 0.15) is 36.3 Å². The number of carbonyl (C=O) groups excluding carboxylic acids is 1. The fraction of sp³-hybridized carbons (Fsp3) is 0.316. The molecule has 6 nitrogen and oxygen atoms in total. The molecular weight excluding hydrogens is 519 g/mol. The number of halogens is 7. The Morgan fingerprint density at radius 3 is 2.03 bits per heavy atom. The number of benzene rings is 2. The summed E-state index contributed by atoms with van der Waals surface area (Å²) in [5, 5.41) is -5.42. The smallest absolute Gasteiger partial charge is 0.292 e. The van der Waals surface area contributed by atoms with Crippen molar-refractivity contribution < 1.29 is 52.4 Å². The molecule has 1 aliphatic rings. The average molecular weight is 533 g/mol. The van der Waals surface area contributed by atoms with Crippen LogP contribution in [0.5, 0.6) is 0 Å². The number of hydrogen-bond donors (Lipinski definition) is 1. The molecule has 34 heavy (non-hydrogen) atoms.